The zero-order valence-electron chi connectivity index (χ0n) is 12.9. The van der Waals surface area contributed by atoms with Crippen LogP contribution in [0.4, 0.5) is 5.69 Å². The van der Waals surface area contributed by atoms with Crippen molar-refractivity contribution >= 4 is 5.69 Å². The molecule has 3 rings (SSSR count). The van der Waals surface area contributed by atoms with Crippen molar-refractivity contribution in [2.24, 2.45) is 0 Å². The minimum atomic E-state index is -0.715. The van der Waals surface area contributed by atoms with E-state index in [1.165, 1.54) is 0 Å². The summed E-state index contributed by atoms with van der Waals surface area (Å²) in [5, 5.41) is 10.5. The quantitative estimate of drug-likeness (QED) is 0.716. The Kier molecular flexibility index (Phi) is 4.31. The minimum absolute atomic E-state index is 0.518. The number of rotatable bonds is 4. The molecule has 0 heterocycles. The summed E-state index contributed by atoms with van der Waals surface area (Å²) >= 11 is 0. The summed E-state index contributed by atoms with van der Waals surface area (Å²) in [5.41, 5.74) is 10.3. The maximum atomic E-state index is 10.5. The Bertz CT molecular complexity index is 782. The van der Waals surface area contributed by atoms with Gasteiger partial charge in [0.2, 0.25) is 0 Å². The van der Waals surface area contributed by atoms with Crippen molar-refractivity contribution < 1.29 is 9.84 Å². The molecular formula is C20H19NO2. The standard InChI is InChI=1S/C20H19NO2/c1-23-19-12-11-17(13-18(19)21)20(22)16-9-7-15(8-10-16)14-5-3-2-4-6-14/h2-13,20,22H,21H2,1H3. The van der Waals surface area contributed by atoms with Gasteiger partial charge in [0.05, 0.1) is 12.8 Å². The summed E-state index contributed by atoms with van der Waals surface area (Å²) in [7, 11) is 1.57. The van der Waals surface area contributed by atoms with Crippen LogP contribution in [0.15, 0.2) is 72.8 Å². The third kappa shape index (κ3) is 3.20. The molecule has 1 unspecified atom stereocenters. The highest BCUT2D eigenvalue weighted by atomic mass is 16.5. The van der Waals surface area contributed by atoms with Crippen LogP contribution >= 0.6 is 0 Å². The summed E-state index contributed by atoms with van der Waals surface area (Å²) in [6, 6.07) is 23.4. The van der Waals surface area contributed by atoms with Crippen molar-refractivity contribution in [1.82, 2.24) is 0 Å². The second-order valence-electron chi connectivity index (χ2n) is 5.39. The molecule has 0 radical (unpaired) electrons. The molecule has 0 aliphatic rings. The monoisotopic (exact) mass is 305 g/mol. The number of hydrogen-bond acceptors (Lipinski definition) is 3. The molecule has 3 aromatic carbocycles. The average molecular weight is 305 g/mol. The van der Waals surface area contributed by atoms with E-state index >= 15 is 0 Å². The number of aliphatic hydroxyl groups excluding tert-OH is 1. The van der Waals surface area contributed by atoms with Crippen LogP contribution in [0.5, 0.6) is 5.75 Å². The molecule has 3 nitrogen and oxygen atoms in total. The van der Waals surface area contributed by atoms with E-state index in [-0.39, 0.29) is 0 Å². The summed E-state index contributed by atoms with van der Waals surface area (Å²) in [6.45, 7) is 0. The first kappa shape index (κ1) is 15.1. The third-order valence-corrected chi connectivity index (χ3v) is 3.90. The zero-order chi connectivity index (χ0) is 16.2. The van der Waals surface area contributed by atoms with Crippen molar-refractivity contribution in [2.45, 2.75) is 6.10 Å². The molecule has 0 saturated heterocycles. The smallest absolute Gasteiger partial charge is 0.141 e. The molecule has 116 valence electrons. The predicted molar refractivity (Wildman–Crippen MR) is 93.3 cm³/mol. The molecule has 0 aromatic heterocycles. The predicted octanol–water partition coefficient (Wildman–Crippen LogP) is 4.03. The van der Waals surface area contributed by atoms with Gasteiger partial charge >= 0.3 is 0 Å². The minimum Gasteiger partial charge on any atom is -0.495 e. The number of aliphatic hydroxyl groups is 1. The zero-order valence-corrected chi connectivity index (χ0v) is 12.9. The molecule has 3 aromatic rings. The van der Waals surface area contributed by atoms with Crippen molar-refractivity contribution in [3.05, 3.63) is 83.9 Å². The van der Waals surface area contributed by atoms with Gasteiger partial charge in [-0.25, -0.2) is 0 Å². The fourth-order valence-electron chi connectivity index (χ4n) is 2.60. The van der Waals surface area contributed by atoms with Crippen molar-refractivity contribution in [1.29, 1.82) is 0 Å². The van der Waals surface area contributed by atoms with E-state index in [9.17, 15) is 5.11 Å². The van der Waals surface area contributed by atoms with Gasteiger partial charge in [0, 0.05) is 0 Å². The third-order valence-electron chi connectivity index (χ3n) is 3.90. The lowest BCUT2D eigenvalue weighted by Crippen LogP contribution is -2.01. The molecule has 0 fully saturated rings. The SMILES string of the molecule is COc1ccc(C(O)c2ccc(-c3ccccc3)cc2)cc1N. The Labute approximate surface area is 136 Å². The highest BCUT2D eigenvalue weighted by Crippen LogP contribution is 2.29. The number of nitrogen functional groups attached to an aromatic ring is 1. The molecule has 0 bridgehead atoms. The number of hydrogen-bond donors (Lipinski definition) is 2. The first-order valence-electron chi connectivity index (χ1n) is 7.46. The Balaban J connectivity index is 1.85. The summed E-state index contributed by atoms with van der Waals surface area (Å²) in [6.07, 6.45) is -0.715. The Morgan fingerprint density at radius 2 is 1.43 bits per heavy atom. The lowest BCUT2D eigenvalue weighted by molar-refractivity contribution is 0.220. The van der Waals surface area contributed by atoms with Crippen molar-refractivity contribution in [3.63, 3.8) is 0 Å². The number of anilines is 1. The van der Waals surface area contributed by atoms with Gasteiger partial charge in [0.1, 0.15) is 11.9 Å². The van der Waals surface area contributed by atoms with Crippen LogP contribution in [0.1, 0.15) is 17.2 Å². The Morgan fingerprint density at radius 3 is 2.04 bits per heavy atom. The van der Waals surface area contributed by atoms with Gasteiger partial charge in [-0.05, 0) is 34.4 Å². The van der Waals surface area contributed by atoms with E-state index in [1.807, 2.05) is 48.5 Å². The Hall–Kier alpha value is -2.78. The van der Waals surface area contributed by atoms with Crippen molar-refractivity contribution in [3.8, 4) is 16.9 Å². The van der Waals surface area contributed by atoms with Gasteiger partial charge < -0.3 is 15.6 Å². The highest BCUT2D eigenvalue weighted by molar-refractivity contribution is 5.63. The molecule has 1 atom stereocenters. The fourth-order valence-corrected chi connectivity index (χ4v) is 2.60. The number of methoxy groups -OCH3 is 1. The molecule has 3 heteroatoms. The van der Waals surface area contributed by atoms with Crippen LogP contribution < -0.4 is 10.5 Å². The summed E-state index contributed by atoms with van der Waals surface area (Å²) < 4.78 is 5.14. The van der Waals surface area contributed by atoms with E-state index in [1.54, 1.807) is 19.2 Å². The number of benzene rings is 3. The molecular weight excluding hydrogens is 286 g/mol. The van der Waals surface area contributed by atoms with Crippen LogP contribution in [0, 0.1) is 0 Å². The Morgan fingerprint density at radius 1 is 0.826 bits per heavy atom. The van der Waals surface area contributed by atoms with Gasteiger partial charge in [-0.2, -0.15) is 0 Å². The molecule has 0 saturated carbocycles. The van der Waals surface area contributed by atoms with E-state index in [2.05, 4.69) is 12.1 Å². The maximum Gasteiger partial charge on any atom is 0.141 e. The van der Waals surface area contributed by atoms with Crippen LogP contribution in [-0.2, 0) is 0 Å². The molecule has 23 heavy (non-hydrogen) atoms. The second-order valence-corrected chi connectivity index (χ2v) is 5.39. The summed E-state index contributed by atoms with van der Waals surface area (Å²) in [5.74, 6) is 0.611. The maximum absolute atomic E-state index is 10.5. The van der Waals surface area contributed by atoms with Gasteiger partial charge in [-0.15, -0.1) is 0 Å². The molecule has 0 amide bonds. The first-order chi connectivity index (χ1) is 11.2. The number of ether oxygens (including phenoxy) is 1. The van der Waals surface area contributed by atoms with E-state index < -0.39 is 6.10 Å². The second kappa shape index (κ2) is 6.55. The van der Waals surface area contributed by atoms with E-state index in [4.69, 9.17) is 10.5 Å². The average Bonchev–Trinajstić information content (AvgIpc) is 2.62. The first-order valence-corrected chi connectivity index (χ1v) is 7.46. The molecule has 3 N–H and O–H groups in total. The van der Waals surface area contributed by atoms with E-state index in [0.717, 1.165) is 22.3 Å². The number of nitrogens with two attached hydrogens (primary N) is 1. The molecule has 0 aliphatic carbocycles. The van der Waals surface area contributed by atoms with Crippen LogP contribution in [-0.4, -0.2) is 12.2 Å². The molecule has 0 spiro atoms. The highest BCUT2D eigenvalue weighted by Gasteiger charge is 2.12. The van der Waals surface area contributed by atoms with Gasteiger partial charge in [0.15, 0.2) is 0 Å². The van der Waals surface area contributed by atoms with Crippen LogP contribution in [0.2, 0.25) is 0 Å². The fraction of sp³-hybridized carbons (Fsp3) is 0.100. The largest absolute Gasteiger partial charge is 0.495 e. The van der Waals surface area contributed by atoms with Crippen molar-refractivity contribution in [2.75, 3.05) is 12.8 Å². The van der Waals surface area contributed by atoms with E-state index in [0.29, 0.717) is 11.4 Å². The summed E-state index contributed by atoms with van der Waals surface area (Å²) in [4.78, 5) is 0. The lowest BCUT2D eigenvalue weighted by Gasteiger charge is -2.14. The normalized spacial score (nSPS) is 11.9. The van der Waals surface area contributed by atoms with Crippen LogP contribution in [0.3, 0.4) is 0 Å². The van der Waals surface area contributed by atoms with Gasteiger partial charge in [-0.3, -0.25) is 0 Å². The lowest BCUT2D eigenvalue weighted by atomic mass is 9.98. The topological polar surface area (TPSA) is 55.5 Å². The van der Waals surface area contributed by atoms with Gasteiger partial charge in [0.25, 0.3) is 0 Å². The van der Waals surface area contributed by atoms with Gasteiger partial charge in [-0.1, -0.05) is 60.7 Å². The van der Waals surface area contributed by atoms with Crippen LogP contribution in [0.25, 0.3) is 11.1 Å². The molecule has 0 aliphatic heterocycles.